The molecule has 0 saturated carbocycles. The van der Waals surface area contributed by atoms with E-state index >= 15 is 0 Å². The number of hydrogen-bond acceptors (Lipinski definition) is 5. The number of nitro groups is 1. The molecule has 16 heavy (non-hydrogen) atoms. The van der Waals surface area contributed by atoms with E-state index in [0.29, 0.717) is 5.56 Å². The van der Waals surface area contributed by atoms with Crippen molar-refractivity contribution in [3.63, 3.8) is 0 Å². The van der Waals surface area contributed by atoms with Gasteiger partial charge in [0.1, 0.15) is 0 Å². The highest BCUT2D eigenvalue weighted by atomic mass is 32.1. The van der Waals surface area contributed by atoms with Crippen molar-refractivity contribution < 1.29 is 4.92 Å². The van der Waals surface area contributed by atoms with Crippen LogP contribution in [0.1, 0.15) is 5.56 Å². The van der Waals surface area contributed by atoms with Crippen LogP contribution in [-0.4, -0.2) is 16.3 Å². The second-order valence-electron chi connectivity index (χ2n) is 2.66. The van der Waals surface area contributed by atoms with Gasteiger partial charge in [-0.1, -0.05) is 12.1 Å². The average molecular weight is 239 g/mol. The Bertz CT molecular complexity index is 434. The van der Waals surface area contributed by atoms with Crippen LogP contribution in [0.25, 0.3) is 0 Å². The van der Waals surface area contributed by atoms with Crippen LogP contribution < -0.4 is 16.7 Å². The molecule has 0 radical (unpaired) electrons. The summed E-state index contributed by atoms with van der Waals surface area (Å²) in [4.78, 5) is 10.2. The van der Waals surface area contributed by atoms with Crippen molar-refractivity contribution in [3.05, 3.63) is 39.9 Å². The minimum atomic E-state index is -0.485. The van der Waals surface area contributed by atoms with Gasteiger partial charge in [0.25, 0.3) is 5.69 Å². The Balaban J connectivity index is 2.80. The molecule has 0 aromatic heterocycles. The highest BCUT2D eigenvalue weighted by molar-refractivity contribution is 7.80. The van der Waals surface area contributed by atoms with Gasteiger partial charge in [-0.2, -0.15) is 5.10 Å². The lowest BCUT2D eigenvalue weighted by atomic mass is 10.2. The van der Waals surface area contributed by atoms with Crippen molar-refractivity contribution in [1.82, 2.24) is 10.9 Å². The molecular weight excluding hydrogens is 230 g/mol. The summed E-state index contributed by atoms with van der Waals surface area (Å²) >= 11 is 4.66. The van der Waals surface area contributed by atoms with Gasteiger partial charge in [0, 0.05) is 6.07 Å². The molecule has 0 spiro atoms. The Hall–Kier alpha value is -2.06. The zero-order valence-corrected chi connectivity index (χ0v) is 8.90. The number of nitrogens with two attached hydrogens (primary N) is 1. The average Bonchev–Trinajstić information content (AvgIpc) is 2.29. The molecule has 84 valence electrons. The van der Waals surface area contributed by atoms with Gasteiger partial charge in [-0.05, 0) is 18.3 Å². The summed E-state index contributed by atoms with van der Waals surface area (Å²) < 4.78 is 0. The number of thiocarbonyl (C=S) groups is 1. The van der Waals surface area contributed by atoms with Crippen LogP contribution in [0.4, 0.5) is 5.69 Å². The molecule has 0 aliphatic rings. The lowest BCUT2D eigenvalue weighted by Gasteiger charge is -1.99. The largest absolute Gasteiger partial charge is 0.300 e. The number of nitrogens with one attached hydrogen (secondary N) is 2. The number of para-hydroxylation sites is 1. The standard InChI is InChI=1S/C8H9N5O2S/c9-11-8(16)12-10-5-6-3-1-2-4-7(6)13(14)15/h1-5H,9H2,(H2,11,12,16). The Morgan fingerprint density at radius 1 is 1.56 bits per heavy atom. The highest BCUT2D eigenvalue weighted by Crippen LogP contribution is 2.14. The van der Waals surface area contributed by atoms with Gasteiger partial charge in [0.2, 0.25) is 5.11 Å². The maximum absolute atomic E-state index is 10.6. The quantitative estimate of drug-likeness (QED) is 0.230. The number of hydrogen-bond donors (Lipinski definition) is 3. The van der Waals surface area contributed by atoms with Gasteiger partial charge in [-0.15, -0.1) is 0 Å². The highest BCUT2D eigenvalue weighted by Gasteiger charge is 2.09. The van der Waals surface area contributed by atoms with E-state index in [9.17, 15) is 10.1 Å². The summed E-state index contributed by atoms with van der Waals surface area (Å²) in [6.07, 6.45) is 1.29. The fraction of sp³-hybridized carbons (Fsp3) is 0. The predicted octanol–water partition coefficient (Wildman–Crippen LogP) is 0.267. The molecule has 1 aromatic rings. The zero-order valence-electron chi connectivity index (χ0n) is 8.08. The number of nitro benzene ring substituents is 1. The van der Waals surface area contributed by atoms with Gasteiger partial charge in [-0.3, -0.25) is 21.0 Å². The van der Waals surface area contributed by atoms with Crippen molar-refractivity contribution in [3.8, 4) is 0 Å². The number of nitrogens with zero attached hydrogens (tertiary/aromatic N) is 2. The second-order valence-corrected chi connectivity index (χ2v) is 3.07. The molecule has 1 rings (SSSR count). The van der Waals surface area contributed by atoms with Gasteiger partial charge >= 0.3 is 0 Å². The van der Waals surface area contributed by atoms with E-state index in [1.807, 2.05) is 0 Å². The minimum Gasteiger partial charge on any atom is -0.300 e. The van der Waals surface area contributed by atoms with E-state index in [1.54, 1.807) is 18.2 Å². The van der Waals surface area contributed by atoms with E-state index in [0.717, 1.165) is 0 Å². The van der Waals surface area contributed by atoms with Gasteiger partial charge in [-0.25, -0.2) is 5.84 Å². The molecule has 0 saturated heterocycles. The molecule has 0 atom stereocenters. The van der Waals surface area contributed by atoms with Crippen LogP contribution in [0.5, 0.6) is 0 Å². The molecule has 0 fully saturated rings. The first-order chi connectivity index (χ1) is 7.65. The van der Waals surface area contributed by atoms with E-state index < -0.39 is 4.92 Å². The predicted molar refractivity (Wildman–Crippen MR) is 63.7 cm³/mol. The summed E-state index contributed by atoms with van der Waals surface area (Å²) in [6, 6.07) is 6.21. The molecule has 0 heterocycles. The molecular formula is C8H9N5O2S. The van der Waals surface area contributed by atoms with E-state index in [1.165, 1.54) is 12.3 Å². The van der Waals surface area contributed by atoms with Crippen molar-refractivity contribution in [2.45, 2.75) is 0 Å². The lowest BCUT2D eigenvalue weighted by Crippen LogP contribution is -2.37. The first kappa shape index (κ1) is 12.0. The zero-order chi connectivity index (χ0) is 12.0. The second kappa shape index (κ2) is 5.73. The molecule has 0 unspecified atom stereocenters. The van der Waals surface area contributed by atoms with Crippen LogP contribution in [0.2, 0.25) is 0 Å². The number of hydrazine groups is 1. The van der Waals surface area contributed by atoms with E-state index in [4.69, 9.17) is 5.84 Å². The minimum absolute atomic E-state index is 0.0281. The molecule has 0 aliphatic carbocycles. The van der Waals surface area contributed by atoms with E-state index in [2.05, 4.69) is 28.2 Å². The number of benzene rings is 1. The third-order valence-corrected chi connectivity index (χ3v) is 1.84. The molecule has 8 heteroatoms. The van der Waals surface area contributed by atoms with Crippen molar-refractivity contribution in [2.75, 3.05) is 0 Å². The lowest BCUT2D eigenvalue weighted by molar-refractivity contribution is -0.385. The summed E-state index contributed by atoms with van der Waals surface area (Å²) in [5.74, 6) is 4.99. The topological polar surface area (TPSA) is 106 Å². The Morgan fingerprint density at radius 2 is 2.25 bits per heavy atom. The van der Waals surface area contributed by atoms with Crippen LogP contribution in [0.15, 0.2) is 29.4 Å². The van der Waals surface area contributed by atoms with E-state index in [-0.39, 0.29) is 10.8 Å². The van der Waals surface area contributed by atoms with Gasteiger partial charge in [0.15, 0.2) is 0 Å². The van der Waals surface area contributed by atoms with Gasteiger partial charge < -0.3 is 0 Å². The molecule has 0 bridgehead atoms. The number of hydrazone groups is 1. The SMILES string of the molecule is NNC(=S)NN=Cc1ccccc1[N+](=O)[O-]. The van der Waals surface area contributed by atoms with Crippen LogP contribution in [0, 0.1) is 10.1 Å². The molecule has 7 nitrogen and oxygen atoms in total. The van der Waals surface area contributed by atoms with Crippen LogP contribution >= 0.6 is 12.2 Å². The molecule has 0 amide bonds. The molecule has 1 aromatic carbocycles. The summed E-state index contributed by atoms with van der Waals surface area (Å²) in [5, 5.41) is 14.5. The first-order valence-electron chi connectivity index (χ1n) is 4.18. The Morgan fingerprint density at radius 3 is 2.88 bits per heavy atom. The number of rotatable bonds is 3. The summed E-state index contributed by atoms with van der Waals surface area (Å²) in [7, 11) is 0. The maximum atomic E-state index is 10.6. The van der Waals surface area contributed by atoms with Crippen molar-refractivity contribution in [1.29, 1.82) is 0 Å². The fourth-order valence-corrected chi connectivity index (χ4v) is 1.01. The first-order valence-corrected chi connectivity index (χ1v) is 4.59. The Labute approximate surface area is 96.4 Å². The van der Waals surface area contributed by atoms with Crippen LogP contribution in [0.3, 0.4) is 0 Å². The molecule has 0 aliphatic heterocycles. The fourth-order valence-electron chi connectivity index (χ4n) is 0.956. The maximum Gasteiger partial charge on any atom is 0.278 e. The summed E-state index contributed by atoms with van der Waals surface area (Å²) in [6.45, 7) is 0. The summed E-state index contributed by atoms with van der Waals surface area (Å²) in [5.41, 5.74) is 4.90. The third-order valence-electron chi connectivity index (χ3n) is 1.63. The van der Waals surface area contributed by atoms with Crippen molar-refractivity contribution >= 4 is 29.2 Å². The molecule has 4 N–H and O–H groups in total. The monoisotopic (exact) mass is 239 g/mol. The normalized spacial score (nSPS) is 10.1. The van der Waals surface area contributed by atoms with Crippen LogP contribution in [-0.2, 0) is 0 Å². The van der Waals surface area contributed by atoms with Gasteiger partial charge in [0.05, 0.1) is 16.7 Å². The Kier molecular flexibility index (Phi) is 4.30. The third kappa shape index (κ3) is 3.26. The smallest absolute Gasteiger partial charge is 0.278 e. The van der Waals surface area contributed by atoms with Crippen molar-refractivity contribution in [2.24, 2.45) is 10.9 Å².